The summed E-state index contributed by atoms with van der Waals surface area (Å²) in [5.74, 6) is 0. The first kappa shape index (κ1) is 16.3. The fourth-order valence-electron chi connectivity index (χ4n) is 1.89. The van der Waals surface area contributed by atoms with Crippen LogP contribution in [0.5, 0.6) is 0 Å². The summed E-state index contributed by atoms with van der Waals surface area (Å²) >= 11 is 6.35. The molecule has 0 radical (unpaired) electrons. The third-order valence-electron chi connectivity index (χ3n) is 3.08. The highest BCUT2D eigenvalue weighted by Crippen LogP contribution is 2.26. The van der Waals surface area contributed by atoms with Gasteiger partial charge in [-0.1, -0.05) is 31.0 Å². The van der Waals surface area contributed by atoms with Gasteiger partial charge in [0, 0.05) is 33.8 Å². The Labute approximate surface area is 121 Å². The summed E-state index contributed by atoms with van der Waals surface area (Å²) in [6.07, 6.45) is 2.39. The van der Waals surface area contributed by atoms with Crippen LogP contribution < -0.4 is 10.2 Å². The van der Waals surface area contributed by atoms with Crippen molar-refractivity contribution in [1.82, 2.24) is 5.32 Å². The first-order valence-corrected chi connectivity index (χ1v) is 7.26. The number of anilines is 1. The maximum atomic E-state index is 6.35. The molecule has 1 aromatic rings. The van der Waals surface area contributed by atoms with Gasteiger partial charge in [-0.15, -0.1) is 0 Å². The van der Waals surface area contributed by atoms with Gasteiger partial charge in [0.1, 0.15) is 0 Å². The van der Waals surface area contributed by atoms with Crippen molar-refractivity contribution in [2.24, 2.45) is 0 Å². The molecule has 0 aromatic heterocycles. The predicted molar refractivity (Wildman–Crippen MR) is 83.2 cm³/mol. The van der Waals surface area contributed by atoms with Crippen LogP contribution >= 0.6 is 11.6 Å². The number of nitrogens with one attached hydrogen (secondary N) is 1. The molecule has 108 valence electrons. The van der Waals surface area contributed by atoms with E-state index in [1.807, 2.05) is 6.07 Å². The number of rotatable bonds is 9. The normalized spacial score (nSPS) is 10.7. The van der Waals surface area contributed by atoms with E-state index in [0.717, 1.165) is 37.0 Å². The number of nitrogens with zero attached hydrogens (tertiary/aromatic N) is 1. The molecule has 19 heavy (non-hydrogen) atoms. The standard InChI is InChI=1S/C15H25ClN2O/c1-4-5-9-18(2)15-7-6-13(11-14(15)16)12-17-8-10-19-3/h6-7,11,17H,4-5,8-10,12H2,1-3H3. The van der Waals surface area contributed by atoms with Gasteiger partial charge in [-0.2, -0.15) is 0 Å². The van der Waals surface area contributed by atoms with Crippen molar-refractivity contribution in [3.05, 3.63) is 28.8 Å². The van der Waals surface area contributed by atoms with E-state index in [0.29, 0.717) is 0 Å². The Morgan fingerprint density at radius 3 is 2.79 bits per heavy atom. The molecule has 0 bridgehead atoms. The van der Waals surface area contributed by atoms with E-state index >= 15 is 0 Å². The Morgan fingerprint density at radius 1 is 1.37 bits per heavy atom. The lowest BCUT2D eigenvalue weighted by molar-refractivity contribution is 0.199. The highest BCUT2D eigenvalue weighted by Gasteiger charge is 2.06. The molecule has 0 saturated carbocycles. The summed E-state index contributed by atoms with van der Waals surface area (Å²) in [7, 11) is 3.80. The van der Waals surface area contributed by atoms with Crippen LogP contribution in [0.3, 0.4) is 0 Å². The Morgan fingerprint density at radius 2 is 2.16 bits per heavy atom. The van der Waals surface area contributed by atoms with Gasteiger partial charge in [0.05, 0.1) is 17.3 Å². The fraction of sp³-hybridized carbons (Fsp3) is 0.600. The third-order valence-corrected chi connectivity index (χ3v) is 3.39. The first-order valence-electron chi connectivity index (χ1n) is 6.88. The lowest BCUT2D eigenvalue weighted by atomic mass is 10.2. The summed E-state index contributed by atoms with van der Waals surface area (Å²) in [5.41, 5.74) is 2.31. The van der Waals surface area contributed by atoms with E-state index in [1.165, 1.54) is 18.4 Å². The van der Waals surface area contributed by atoms with Crippen molar-refractivity contribution in [3.8, 4) is 0 Å². The number of hydrogen-bond donors (Lipinski definition) is 1. The maximum Gasteiger partial charge on any atom is 0.0642 e. The van der Waals surface area contributed by atoms with E-state index < -0.39 is 0 Å². The molecule has 1 aromatic carbocycles. The monoisotopic (exact) mass is 284 g/mol. The lowest BCUT2D eigenvalue weighted by Crippen LogP contribution is -2.20. The highest BCUT2D eigenvalue weighted by atomic mass is 35.5. The second kappa shape index (κ2) is 9.18. The number of halogens is 1. The zero-order chi connectivity index (χ0) is 14.1. The van der Waals surface area contributed by atoms with E-state index in [1.54, 1.807) is 7.11 Å². The Kier molecular flexibility index (Phi) is 7.87. The molecule has 0 amide bonds. The summed E-state index contributed by atoms with van der Waals surface area (Å²) in [4.78, 5) is 2.22. The van der Waals surface area contributed by atoms with Gasteiger partial charge in [-0.05, 0) is 24.1 Å². The molecule has 1 rings (SSSR count). The van der Waals surface area contributed by atoms with Crippen LogP contribution in [-0.2, 0) is 11.3 Å². The minimum atomic E-state index is 0.728. The third kappa shape index (κ3) is 5.81. The van der Waals surface area contributed by atoms with Crippen molar-refractivity contribution >= 4 is 17.3 Å². The minimum Gasteiger partial charge on any atom is -0.383 e. The molecule has 0 atom stereocenters. The Hall–Kier alpha value is -0.770. The SMILES string of the molecule is CCCCN(C)c1ccc(CNCCOC)cc1Cl. The number of benzene rings is 1. The lowest BCUT2D eigenvalue weighted by Gasteiger charge is -2.20. The highest BCUT2D eigenvalue weighted by molar-refractivity contribution is 6.33. The molecule has 1 N–H and O–H groups in total. The zero-order valence-corrected chi connectivity index (χ0v) is 13.0. The van der Waals surface area contributed by atoms with E-state index in [4.69, 9.17) is 16.3 Å². The largest absolute Gasteiger partial charge is 0.383 e. The topological polar surface area (TPSA) is 24.5 Å². The summed E-state index contributed by atoms with van der Waals surface area (Å²) < 4.78 is 5.00. The van der Waals surface area contributed by atoms with Crippen LogP contribution in [0.15, 0.2) is 18.2 Å². The van der Waals surface area contributed by atoms with E-state index in [-0.39, 0.29) is 0 Å². The van der Waals surface area contributed by atoms with Gasteiger partial charge in [-0.25, -0.2) is 0 Å². The average molecular weight is 285 g/mol. The maximum absolute atomic E-state index is 6.35. The first-order chi connectivity index (χ1) is 9.19. The molecule has 4 heteroatoms. The fourth-order valence-corrected chi connectivity index (χ4v) is 2.24. The number of hydrogen-bond acceptors (Lipinski definition) is 3. The van der Waals surface area contributed by atoms with Crippen molar-refractivity contribution < 1.29 is 4.74 Å². The van der Waals surface area contributed by atoms with Crippen molar-refractivity contribution in [2.45, 2.75) is 26.3 Å². The van der Waals surface area contributed by atoms with Crippen LogP contribution in [0.1, 0.15) is 25.3 Å². The predicted octanol–water partition coefficient (Wildman–Crippen LogP) is 3.31. The zero-order valence-electron chi connectivity index (χ0n) is 12.2. The van der Waals surface area contributed by atoms with Gasteiger partial charge in [0.2, 0.25) is 0 Å². The summed E-state index contributed by atoms with van der Waals surface area (Å²) in [6.45, 7) is 5.64. The van der Waals surface area contributed by atoms with Crippen molar-refractivity contribution in [1.29, 1.82) is 0 Å². The van der Waals surface area contributed by atoms with E-state index in [2.05, 4.69) is 36.3 Å². The molecule has 3 nitrogen and oxygen atoms in total. The van der Waals surface area contributed by atoms with Gasteiger partial charge >= 0.3 is 0 Å². The molecule has 0 aliphatic rings. The summed E-state index contributed by atoms with van der Waals surface area (Å²) in [6, 6.07) is 6.27. The number of ether oxygens (including phenoxy) is 1. The van der Waals surface area contributed by atoms with Gasteiger partial charge < -0.3 is 15.0 Å². The second-order valence-electron chi connectivity index (χ2n) is 4.73. The molecule has 0 fully saturated rings. The van der Waals surface area contributed by atoms with E-state index in [9.17, 15) is 0 Å². The molecular formula is C15H25ClN2O. The smallest absolute Gasteiger partial charge is 0.0642 e. The van der Waals surface area contributed by atoms with Crippen LogP contribution in [0, 0.1) is 0 Å². The second-order valence-corrected chi connectivity index (χ2v) is 5.14. The van der Waals surface area contributed by atoms with Crippen molar-refractivity contribution in [3.63, 3.8) is 0 Å². The number of methoxy groups -OCH3 is 1. The molecule has 0 aliphatic heterocycles. The molecule has 0 saturated heterocycles. The molecular weight excluding hydrogens is 260 g/mol. The Bertz CT molecular complexity index is 371. The quantitative estimate of drug-likeness (QED) is 0.704. The minimum absolute atomic E-state index is 0.728. The van der Waals surface area contributed by atoms with Crippen molar-refractivity contribution in [2.75, 3.05) is 38.8 Å². The molecule has 0 unspecified atom stereocenters. The van der Waals surface area contributed by atoms with Gasteiger partial charge in [-0.3, -0.25) is 0 Å². The van der Waals surface area contributed by atoms with Crippen LogP contribution in [-0.4, -0.2) is 33.9 Å². The summed E-state index contributed by atoms with van der Waals surface area (Å²) in [5, 5.41) is 4.14. The molecule has 0 aliphatic carbocycles. The van der Waals surface area contributed by atoms with Gasteiger partial charge in [0.15, 0.2) is 0 Å². The van der Waals surface area contributed by atoms with Crippen LogP contribution in [0.2, 0.25) is 5.02 Å². The Balaban J connectivity index is 2.53. The average Bonchev–Trinajstić information content (AvgIpc) is 2.41. The molecule has 0 heterocycles. The number of unbranched alkanes of at least 4 members (excludes halogenated alkanes) is 1. The van der Waals surface area contributed by atoms with Gasteiger partial charge in [0.25, 0.3) is 0 Å². The molecule has 0 spiro atoms. The van der Waals surface area contributed by atoms with Crippen LogP contribution in [0.4, 0.5) is 5.69 Å². The van der Waals surface area contributed by atoms with Crippen LogP contribution in [0.25, 0.3) is 0 Å².